The average Bonchev–Trinajstić information content (AvgIpc) is 3.56. The number of fused-ring (bicyclic) bond motifs is 12. The maximum atomic E-state index is 6.83. The lowest BCUT2D eigenvalue weighted by Crippen LogP contribution is -2.41. The topological polar surface area (TPSA) is 36.5 Å². The fourth-order valence-electron chi connectivity index (χ4n) is 6.93. The third-order valence-corrected chi connectivity index (χ3v) is 9.59. The van der Waals surface area contributed by atoms with Crippen molar-refractivity contribution in [3.05, 3.63) is 97.1 Å². The van der Waals surface area contributed by atoms with Crippen LogP contribution in [0.15, 0.2) is 101 Å². The van der Waals surface area contributed by atoms with Crippen LogP contribution in [0.25, 0.3) is 71.7 Å². The molecule has 0 spiro atoms. The minimum Gasteiger partial charge on any atom is -0.455 e. The van der Waals surface area contributed by atoms with Gasteiger partial charge in [-0.2, -0.15) is 0 Å². The van der Waals surface area contributed by atoms with E-state index in [4.69, 9.17) is 13.7 Å². The Morgan fingerprint density at radius 2 is 1.29 bits per heavy atom. The summed E-state index contributed by atoms with van der Waals surface area (Å²) in [6, 6.07) is 34.6. The molecule has 198 valence electrons. The van der Waals surface area contributed by atoms with Gasteiger partial charge < -0.3 is 18.3 Å². The normalized spacial score (nSPS) is 16.9. The molecular weight excluding hydrogens is 505 g/mol. The Morgan fingerprint density at radius 3 is 2.12 bits per heavy atom. The first-order valence-corrected chi connectivity index (χ1v) is 14.3. The monoisotopic (exact) mass is 533 g/mol. The second-order valence-electron chi connectivity index (χ2n) is 12.4. The van der Waals surface area contributed by atoms with Gasteiger partial charge in [0, 0.05) is 38.2 Å². The zero-order valence-corrected chi connectivity index (χ0v) is 23.5. The first-order chi connectivity index (χ1) is 19.8. The predicted molar refractivity (Wildman–Crippen MR) is 168 cm³/mol. The molecule has 1 fully saturated rings. The molecule has 0 atom stereocenters. The maximum absolute atomic E-state index is 6.83. The Bertz CT molecular complexity index is 2220. The zero-order chi connectivity index (χ0) is 27.7. The van der Waals surface area contributed by atoms with Gasteiger partial charge in [0.05, 0.1) is 27.9 Å². The highest BCUT2D eigenvalue weighted by Gasteiger charge is 2.52. The molecule has 0 unspecified atom stereocenters. The predicted octanol–water partition coefficient (Wildman–Crippen LogP) is 8.63. The standard InChI is InChI=1S/C36H28BNO3/c1-35(2)36(3,4)41-37(40-35)27-20-26-22-13-6-9-18-29(22)38-28-17-8-5-12-21(28)23-15-11-16-25(33(23)38)31(26)34-32(27)24-14-7-10-19-30(24)39-34/h5-20H,1-4H3. The van der Waals surface area contributed by atoms with Crippen LogP contribution in [0.5, 0.6) is 0 Å². The summed E-state index contributed by atoms with van der Waals surface area (Å²) in [6.45, 7) is 8.43. The second kappa shape index (κ2) is 7.70. The Labute approximate surface area is 238 Å². The highest BCUT2D eigenvalue weighted by molar-refractivity contribution is 6.66. The van der Waals surface area contributed by atoms with Crippen molar-refractivity contribution >= 4 is 56.3 Å². The van der Waals surface area contributed by atoms with Crippen molar-refractivity contribution in [3.8, 4) is 27.9 Å². The van der Waals surface area contributed by atoms with Crippen molar-refractivity contribution in [1.82, 2.24) is 4.57 Å². The molecule has 9 rings (SSSR count). The van der Waals surface area contributed by atoms with Crippen molar-refractivity contribution < 1.29 is 13.7 Å². The third-order valence-electron chi connectivity index (χ3n) is 9.59. The van der Waals surface area contributed by atoms with Crippen molar-refractivity contribution in [2.75, 3.05) is 0 Å². The fraction of sp³-hybridized carbons (Fsp3) is 0.167. The number of furan rings is 1. The number of para-hydroxylation sites is 4. The largest absolute Gasteiger partial charge is 0.495 e. The van der Waals surface area contributed by atoms with E-state index in [1.807, 2.05) is 6.07 Å². The average molecular weight is 533 g/mol. The second-order valence-corrected chi connectivity index (χ2v) is 12.4. The van der Waals surface area contributed by atoms with E-state index < -0.39 is 18.3 Å². The van der Waals surface area contributed by atoms with Gasteiger partial charge in [0.25, 0.3) is 0 Å². The molecule has 0 aliphatic carbocycles. The molecular formula is C36H28BNO3. The van der Waals surface area contributed by atoms with E-state index >= 15 is 0 Å². The summed E-state index contributed by atoms with van der Waals surface area (Å²) in [4.78, 5) is 0. The molecule has 2 aliphatic heterocycles. The van der Waals surface area contributed by atoms with Gasteiger partial charge in [0.1, 0.15) is 11.2 Å². The van der Waals surface area contributed by atoms with Crippen LogP contribution in [0.1, 0.15) is 27.7 Å². The van der Waals surface area contributed by atoms with Gasteiger partial charge in [0.15, 0.2) is 0 Å². The summed E-state index contributed by atoms with van der Waals surface area (Å²) in [7, 11) is -0.528. The first kappa shape index (κ1) is 23.4. The number of aromatic nitrogens is 1. The minimum absolute atomic E-state index is 0.461. The van der Waals surface area contributed by atoms with E-state index in [1.54, 1.807) is 0 Å². The minimum atomic E-state index is -0.528. The van der Waals surface area contributed by atoms with Gasteiger partial charge in [-0.1, -0.05) is 78.9 Å². The summed E-state index contributed by atoms with van der Waals surface area (Å²) in [5, 5.41) is 4.61. The highest BCUT2D eigenvalue weighted by Crippen LogP contribution is 2.50. The van der Waals surface area contributed by atoms with Crippen LogP contribution in [-0.2, 0) is 9.31 Å². The number of rotatable bonds is 1. The number of benzene rings is 5. The lowest BCUT2D eigenvalue weighted by Gasteiger charge is -2.32. The number of nitrogens with zero attached hydrogens (tertiary/aromatic N) is 1. The Balaban J connectivity index is 1.50. The molecule has 0 N–H and O–H groups in total. The molecule has 5 heteroatoms. The van der Waals surface area contributed by atoms with Crippen LogP contribution in [0.3, 0.4) is 0 Å². The molecule has 0 bridgehead atoms. The summed E-state index contributed by atoms with van der Waals surface area (Å²) < 4.78 is 22.6. The Morgan fingerprint density at radius 1 is 0.634 bits per heavy atom. The zero-order valence-electron chi connectivity index (χ0n) is 23.5. The van der Waals surface area contributed by atoms with E-state index in [0.29, 0.717) is 0 Å². The molecule has 2 aliphatic rings. The summed E-state index contributed by atoms with van der Waals surface area (Å²) in [5.41, 5.74) is 9.90. The van der Waals surface area contributed by atoms with Gasteiger partial charge in [0.2, 0.25) is 0 Å². The highest BCUT2D eigenvalue weighted by atomic mass is 16.7. The summed E-state index contributed by atoms with van der Waals surface area (Å²) >= 11 is 0. The molecule has 1 saturated heterocycles. The van der Waals surface area contributed by atoms with E-state index in [1.165, 1.54) is 21.8 Å². The van der Waals surface area contributed by atoms with Crippen LogP contribution in [0, 0.1) is 0 Å². The molecule has 41 heavy (non-hydrogen) atoms. The third kappa shape index (κ3) is 2.92. The summed E-state index contributed by atoms with van der Waals surface area (Å²) in [6.07, 6.45) is 0. The smallest absolute Gasteiger partial charge is 0.455 e. The van der Waals surface area contributed by atoms with Gasteiger partial charge in [-0.25, -0.2) is 0 Å². The lowest BCUT2D eigenvalue weighted by atomic mass is 9.73. The molecule has 4 nitrogen and oxygen atoms in total. The summed E-state index contributed by atoms with van der Waals surface area (Å²) in [5.74, 6) is 0. The van der Waals surface area contributed by atoms with Crippen molar-refractivity contribution in [1.29, 1.82) is 0 Å². The molecule has 7 aromatic rings. The van der Waals surface area contributed by atoms with Crippen molar-refractivity contribution in [2.24, 2.45) is 0 Å². The molecule has 0 radical (unpaired) electrons. The SMILES string of the molecule is CC1(C)OB(c2cc3c(c4oc5ccccc5c24)-c2cccc4c5ccccc5n(c24)-c2ccccc2-3)OC1(C)C. The molecule has 0 amide bonds. The van der Waals surface area contributed by atoms with Crippen LogP contribution in [0.2, 0.25) is 0 Å². The first-order valence-electron chi connectivity index (χ1n) is 14.3. The quantitative estimate of drug-likeness (QED) is 0.198. The molecule has 4 heterocycles. The molecule has 2 aromatic heterocycles. The van der Waals surface area contributed by atoms with E-state index in [0.717, 1.165) is 55.3 Å². The number of hydrogen-bond acceptors (Lipinski definition) is 3. The van der Waals surface area contributed by atoms with Crippen LogP contribution >= 0.6 is 0 Å². The fourth-order valence-corrected chi connectivity index (χ4v) is 6.93. The lowest BCUT2D eigenvalue weighted by molar-refractivity contribution is 0.00578. The van der Waals surface area contributed by atoms with Crippen molar-refractivity contribution in [2.45, 2.75) is 38.9 Å². The van der Waals surface area contributed by atoms with E-state index in [2.05, 4.69) is 123 Å². The van der Waals surface area contributed by atoms with Gasteiger partial charge in [-0.15, -0.1) is 0 Å². The van der Waals surface area contributed by atoms with E-state index in [9.17, 15) is 0 Å². The van der Waals surface area contributed by atoms with Crippen LogP contribution in [-0.4, -0.2) is 22.9 Å². The van der Waals surface area contributed by atoms with Crippen molar-refractivity contribution in [3.63, 3.8) is 0 Å². The maximum Gasteiger partial charge on any atom is 0.495 e. The van der Waals surface area contributed by atoms with Crippen LogP contribution in [0.4, 0.5) is 0 Å². The number of hydrogen-bond donors (Lipinski definition) is 0. The molecule has 0 saturated carbocycles. The van der Waals surface area contributed by atoms with Gasteiger partial charge in [-0.05, 0) is 56.9 Å². The van der Waals surface area contributed by atoms with E-state index in [-0.39, 0.29) is 0 Å². The van der Waals surface area contributed by atoms with Crippen LogP contribution < -0.4 is 5.46 Å². The Hall–Kier alpha value is -4.32. The Kier molecular flexibility index (Phi) is 4.39. The van der Waals surface area contributed by atoms with Gasteiger partial charge >= 0.3 is 7.12 Å². The van der Waals surface area contributed by atoms with Gasteiger partial charge in [-0.3, -0.25) is 0 Å². The molecule has 5 aromatic carbocycles.